The van der Waals surface area contributed by atoms with Crippen LogP contribution in [-0.2, 0) is 22.8 Å². The molecule has 132 valence electrons. The fourth-order valence-corrected chi connectivity index (χ4v) is 6.93. The van der Waals surface area contributed by atoms with Gasteiger partial charge in [-0.25, -0.2) is 0 Å². The summed E-state index contributed by atoms with van der Waals surface area (Å²) in [4.78, 5) is 2.54. The molecule has 8 heteroatoms. The summed E-state index contributed by atoms with van der Waals surface area (Å²) in [6, 6.07) is 2.09. The predicted molar refractivity (Wildman–Crippen MR) is 92.0 cm³/mol. The van der Waals surface area contributed by atoms with E-state index in [1.807, 2.05) is 0 Å². The van der Waals surface area contributed by atoms with Gasteiger partial charge in [-0.3, -0.25) is 0 Å². The van der Waals surface area contributed by atoms with E-state index in [4.69, 9.17) is 22.8 Å². The highest BCUT2D eigenvalue weighted by Crippen LogP contribution is 2.22. The second-order valence-corrected chi connectivity index (χ2v) is 11.1. The van der Waals surface area contributed by atoms with Gasteiger partial charge in [-0.05, 0) is 44.9 Å². The highest BCUT2D eigenvalue weighted by molar-refractivity contribution is 6.60. The Morgan fingerprint density at radius 2 is 1.64 bits per heavy atom. The molecule has 1 rings (SSSR count). The van der Waals surface area contributed by atoms with Crippen molar-refractivity contribution in [1.82, 2.24) is 4.90 Å². The number of rotatable bonds is 9. The molecule has 0 aliphatic carbocycles. The predicted octanol–water partition coefficient (Wildman–Crippen LogP) is 0.884. The van der Waals surface area contributed by atoms with Crippen LogP contribution in [0.2, 0.25) is 12.1 Å². The maximum Gasteiger partial charge on any atom is 0.500 e. The van der Waals surface area contributed by atoms with Crippen LogP contribution < -0.4 is 0 Å². The van der Waals surface area contributed by atoms with Gasteiger partial charge in [-0.2, -0.15) is 0 Å². The molecule has 1 fully saturated rings. The van der Waals surface area contributed by atoms with E-state index in [0.29, 0.717) is 0 Å². The summed E-state index contributed by atoms with van der Waals surface area (Å²) < 4.78 is 27.7. The number of hydrogen-bond donors (Lipinski definition) is 0. The van der Waals surface area contributed by atoms with E-state index in [2.05, 4.69) is 4.90 Å². The smallest absolute Gasteiger partial charge is 0.377 e. The van der Waals surface area contributed by atoms with Crippen LogP contribution in [-0.4, -0.2) is 83.8 Å². The minimum Gasteiger partial charge on any atom is -0.377 e. The van der Waals surface area contributed by atoms with Crippen LogP contribution in [0.4, 0.5) is 0 Å². The van der Waals surface area contributed by atoms with E-state index in [1.165, 1.54) is 6.04 Å². The molecular formula is C14H33NO5Si2. The van der Waals surface area contributed by atoms with Crippen molar-refractivity contribution in [1.29, 1.82) is 0 Å². The maximum atomic E-state index is 5.65. The second kappa shape index (κ2) is 10.1. The molecule has 0 radical (unpaired) electrons. The lowest BCUT2D eigenvalue weighted by Gasteiger charge is -2.35. The molecule has 1 heterocycles. The molecule has 0 unspecified atom stereocenters. The van der Waals surface area contributed by atoms with Crippen LogP contribution in [0, 0.1) is 0 Å². The van der Waals surface area contributed by atoms with E-state index in [-0.39, 0.29) is 14.9 Å². The van der Waals surface area contributed by atoms with E-state index in [9.17, 15) is 0 Å². The first-order valence-electron chi connectivity index (χ1n) is 8.07. The van der Waals surface area contributed by atoms with E-state index < -0.39 is 8.80 Å². The van der Waals surface area contributed by atoms with Crippen LogP contribution in [0.5, 0.6) is 0 Å². The Labute approximate surface area is 138 Å². The monoisotopic (exact) mass is 351 g/mol. The van der Waals surface area contributed by atoms with Crippen molar-refractivity contribution in [3.8, 4) is 0 Å². The van der Waals surface area contributed by atoms with Gasteiger partial charge in [0, 0.05) is 41.6 Å². The zero-order valence-corrected chi connectivity index (χ0v) is 17.3. The van der Waals surface area contributed by atoms with Gasteiger partial charge in [-0.1, -0.05) is 0 Å². The first-order valence-corrected chi connectivity index (χ1v) is 11.7. The molecule has 0 bridgehead atoms. The molecule has 0 aromatic heterocycles. The van der Waals surface area contributed by atoms with Crippen LogP contribution >= 0.6 is 0 Å². The van der Waals surface area contributed by atoms with Crippen molar-refractivity contribution in [3.05, 3.63) is 0 Å². The fourth-order valence-electron chi connectivity index (χ4n) is 3.17. The summed E-state index contributed by atoms with van der Waals surface area (Å²) >= 11 is 0. The summed E-state index contributed by atoms with van der Waals surface area (Å²) in [6.45, 7) is 3.32. The highest BCUT2D eigenvalue weighted by atomic mass is 28.4. The molecule has 1 saturated heterocycles. The molecule has 6 nitrogen and oxygen atoms in total. The molecule has 0 aromatic rings. The van der Waals surface area contributed by atoms with Crippen molar-refractivity contribution >= 4 is 18.3 Å². The Hall–Kier alpha value is 0.194. The molecule has 0 aromatic carbocycles. The van der Waals surface area contributed by atoms with E-state index in [0.717, 1.165) is 44.9 Å². The minimum absolute atomic E-state index is 0.240. The average Bonchev–Trinajstić information content (AvgIpc) is 2.54. The first kappa shape index (κ1) is 20.2. The van der Waals surface area contributed by atoms with Crippen LogP contribution in [0.1, 0.15) is 19.3 Å². The van der Waals surface area contributed by atoms with Crippen LogP contribution in [0.3, 0.4) is 0 Å². The van der Waals surface area contributed by atoms with Crippen LogP contribution in [0.15, 0.2) is 0 Å². The van der Waals surface area contributed by atoms with Crippen molar-refractivity contribution in [2.45, 2.75) is 36.8 Å². The van der Waals surface area contributed by atoms with E-state index >= 15 is 0 Å². The summed E-state index contributed by atoms with van der Waals surface area (Å²) in [5.74, 6) is 0. The van der Waals surface area contributed by atoms with Gasteiger partial charge in [-0.15, -0.1) is 0 Å². The van der Waals surface area contributed by atoms with Gasteiger partial charge in [0.1, 0.15) is 5.41 Å². The fraction of sp³-hybridized carbons (Fsp3) is 1.00. The zero-order chi connectivity index (χ0) is 16.5. The van der Waals surface area contributed by atoms with Crippen molar-refractivity contribution in [3.63, 3.8) is 0 Å². The number of methoxy groups -OCH3 is 2. The van der Waals surface area contributed by atoms with Gasteiger partial charge in [0.05, 0.1) is 9.52 Å². The summed E-state index contributed by atoms with van der Waals surface area (Å²) in [7, 11) is 5.78. The quantitative estimate of drug-likeness (QED) is 0.454. The Kier molecular flexibility index (Phi) is 9.33. The molecule has 0 saturated carbocycles. The minimum atomic E-state index is -2.42. The molecule has 1 aliphatic heterocycles. The van der Waals surface area contributed by atoms with Gasteiger partial charge < -0.3 is 27.7 Å². The molecule has 0 N–H and O–H groups in total. The third-order valence-corrected chi connectivity index (χ3v) is 9.89. The van der Waals surface area contributed by atoms with Crippen molar-refractivity contribution < 1.29 is 22.8 Å². The lowest BCUT2D eigenvalue weighted by molar-refractivity contribution is -0.151. The highest BCUT2D eigenvalue weighted by Gasteiger charge is 2.37. The molecule has 0 atom stereocenters. The Morgan fingerprint density at radius 1 is 1.00 bits per heavy atom. The standard InChI is InChI=1S/C14H33NO5Si2/c1-16-14(17-2)8-6-9-15(11-12-21-14)10-7-13-22(18-3,19-4)20-5/h6-13,21H2,1-5H3. The SMILES string of the molecule is COC1(OC)CCCN(CCC[Si](OC)(OC)OC)CC[SiH2]1. The number of hydrogen-bond acceptors (Lipinski definition) is 6. The zero-order valence-electron chi connectivity index (χ0n) is 14.9. The molecular weight excluding hydrogens is 318 g/mol. The summed E-state index contributed by atoms with van der Waals surface area (Å²) in [6.07, 6.45) is 3.18. The second-order valence-electron chi connectivity index (χ2n) is 5.77. The van der Waals surface area contributed by atoms with Crippen molar-refractivity contribution in [2.24, 2.45) is 0 Å². The van der Waals surface area contributed by atoms with Crippen LogP contribution in [0.25, 0.3) is 0 Å². The van der Waals surface area contributed by atoms with Gasteiger partial charge in [0.25, 0.3) is 0 Å². The van der Waals surface area contributed by atoms with Crippen molar-refractivity contribution in [2.75, 3.05) is 55.2 Å². The molecule has 22 heavy (non-hydrogen) atoms. The lowest BCUT2D eigenvalue weighted by atomic mass is 10.2. The normalized spacial score (nSPS) is 21.7. The van der Waals surface area contributed by atoms with Gasteiger partial charge in [0.15, 0.2) is 0 Å². The molecule has 0 spiro atoms. The Bertz CT molecular complexity index is 281. The van der Waals surface area contributed by atoms with E-state index in [1.54, 1.807) is 35.5 Å². The Balaban J connectivity index is 2.37. The lowest BCUT2D eigenvalue weighted by Crippen LogP contribution is -2.45. The summed E-state index contributed by atoms with van der Waals surface area (Å²) in [5.41, 5.74) is -0.240. The first-order chi connectivity index (χ1) is 10.6. The average molecular weight is 352 g/mol. The Morgan fingerprint density at radius 3 is 2.18 bits per heavy atom. The number of nitrogens with zero attached hydrogens (tertiary/aromatic N) is 1. The maximum absolute atomic E-state index is 5.65. The third kappa shape index (κ3) is 5.68. The topological polar surface area (TPSA) is 49.4 Å². The molecule has 0 amide bonds. The largest absolute Gasteiger partial charge is 0.500 e. The number of ether oxygens (including phenoxy) is 2. The molecule has 1 aliphatic rings. The summed E-state index contributed by atoms with van der Waals surface area (Å²) in [5, 5.41) is 0. The third-order valence-electron chi connectivity index (χ3n) is 4.70. The van der Waals surface area contributed by atoms with Gasteiger partial charge >= 0.3 is 8.80 Å². The van der Waals surface area contributed by atoms with Gasteiger partial charge in [0.2, 0.25) is 0 Å².